The van der Waals surface area contributed by atoms with Crippen molar-refractivity contribution in [1.82, 2.24) is 15.1 Å². The maximum atomic E-state index is 12.9. The fraction of sp³-hybridized carbons (Fsp3) is 0.263. The molecule has 1 N–H and O–H groups in total. The summed E-state index contributed by atoms with van der Waals surface area (Å²) in [6.45, 7) is 3.86. The van der Waals surface area contributed by atoms with E-state index in [1.165, 1.54) is 6.26 Å². The number of nitrogens with zero attached hydrogens (tertiary/aromatic N) is 2. The quantitative estimate of drug-likeness (QED) is 0.764. The third-order valence-electron chi connectivity index (χ3n) is 4.61. The van der Waals surface area contributed by atoms with Crippen LogP contribution in [-0.2, 0) is 9.84 Å². The lowest BCUT2D eigenvalue weighted by atomic mass is 10.1. The molecule has 1 unspecified atom stereocenters. The first kappa shape index (κ1) is 18.1. The highest BCUT2D eigenvalue weighted by Crippen LogP contribution is 2.25. The highest BCUT2D eigenvalue weighted by molar-refractivity contribution is 7.90. The van der Waals surface area contributed by atoms with Gasteiger partial charge in [0.2, 0.25) is 0 Å². The average molecular weight is 371 g/mol. The molecule has 0 aliphatic carbocycles. The Kier molecular flexibility index (Phi) is 4.58. The van der Waals surface area contributed by atoms with Crippen molar-refractivity contribution in [1.29, 1.82) is 0 Å². The van der Waals surface area contributed by atoms with Crippen molar-refractivity contribution >= 4 is 26.6 Å². The molecular formula is C19H21N3O3S. The Morgan fingerprint density at radius 2 is 1.81 bits per heavy atom. The number of aromatic amines is 1. The van der Waals surface area contributed by atoms with E-state index in [2.05, 4.69) is 10.2 Å². The average Bonchev–Trinajstić information content (AvgIpc) is 3.02. The lowest BCUT2D eigenvalue weighted by molar-refractivity contribution is 0.0738. The fourth-order valence-corrected chi connectivity index (χ4v) is 3.48. The van der Waals surface area contributed by atoms with Gasteiger partial charge in [0, 0.05) is 18.7 Å². The van der Waals surface area contributed by atoms with Gasteiger partial charge in [0.05, 0.1) is 16.5 Å². The van der Waals surface area contributed by atoms with Gasteiger partial charge in [-0.25, -0.2) is 8.42 Å². The van der Waals surface area contributed by atoms with Crippen LogP contribution in [0, 0.1) is 6.92 Å². The van der Waals surface area contributed by atoms with E-state index in [-0.39, 0.29) is 16.8 Å². The molecule has 0 aliphatic rings. The molecule has 136 valence electrons. The molecule has 26 heavy (non-hydrogen) atoms. The van der Waals surface area contributed by atoms with Crippen molar-refractivity contribution in [3.63, 3.8) is 0 Å². The van der Waals surface area contributed by atoms with Gasteiger partial charge in [-0.2, -0.15) is 5.10 Å². The smallest absolute Gasteiger partial charge is 0.275 e. The standard InChI is InChI=1S/C19H21N3O3S/c1-12-5-10-17-16(11-12)18(21-20-17)19(23)22(3)13(2)14-6-8-15(9-7-14)26(4,24)25/h5-11,13H,1-4H3,(H,20,21). The van der Waals surface area contributed by atoms with Crippen LogP contribution in [0.1, 0.15) is 34.6 Å². The van der Waals surface area contributed by atoms with E-state index in [0.29, 0.717) is 5.69 Å². The molecule has 6 nitrogen and oxygen atoms in total. The molecule has 0 spiro atoms. The molecule has 0 radical (unpaired) electrons. The molecule has 7 heteroatoms. The summed E-state index contributed by atoms with van der Waals surface area (Å²) < 4.78 is 23.2. The van der Waals surface area contributed by atoms with E-state index < -0.39 is 9.84 Å². The van der Waals surface area contributed by atoms with E-state index in [1.54, 1.807) is 36.2 Å². The van der Waals surface area contributed by atoms with Crippen LogP contribution in [0.5, 0.6) is 0 Å². The summed E-state index contributed by atoms with van der Waals surface area (Å²) in [4.78, 5) is 14.8. The molecule has 1 aromatic heterocycles. The fourth-order valence-electron chi connectivity index (χ4n) is 2.85. The Hall–Kier alpha value is -2.67. The molecule has 0 saturated heterocycles. The van der Waals surface area contributed by atoms with Gasteiger partial charge < -0.3 is 4.90 Å². The lowest BCUT2D eigenvalue weighted by Gasteiger charge is -2.25. The predicted octanol–water partition coefficient (Wildman–Crippen LogP) is 3.11. The minimum atomic E-state index is -3.24. The first-order valence-corrected chi connectivity index (χ1v) is 10.1. The number of benzene rings is 2. The molecule has 1 amide bonds. The SMILES string of the molecule is Cc1ccc2[nH]nc(C(=O)N(C)C(C)c3ccc(S(C)(=O)=O)cc3)c2c1. The van der Waals surface area contributed by atoms with Crippen LogP contribution in [0.3, 0.4) is 0 Å². The zero-order chi connectivity index (χ0) is 19.1. The molecule has 1 heterocycles. The number of aromatic nitrogens is 2. The molecular weight excluding hydrogens is 350 g/mol. The summed E-state index contributed by atoms with van der Waals surface area (Å²) >= 11 is 0. The number of hydrogen-bond acceptors (Lipinski definition) is 4. The monoisotopic (exact) mass is 371 g/mol. The highest BCUT2D eigenvalue weighted by Gasteiger charge is 2.23. The van der Waals surface area contributed by atoms with Gasteiger partial charge in [-0.05, 0) is 43.7 Å². The van der Waals surface area contributed by atoms with Crippen LogP contribution in [0.25, 0.3) is 10.9 Å². The Balaban J connectivity index is 1.88. The minimum absolute atomic E-state index is 0.193. The number of rotatable bonds is 4. The number of fused-ring (bicyclic) bond motifs is 1. The second kappa shape index (κ2) is 6.57. The molecule has 2 aromatic carbocycles. The van der Waals surface area contributed by atoms with E-state index in [0.717, 1.165) is 22.0 Å². The zero-order valence-electron chi connectivity index (χ0n) is 15.1. The van der Waals surface area contributed by atoms with Crippen molar-refractivity contribution in [2.75, 3.05) is 13.3 Å². The number of carbonyl (C=O) groups excluding carboxylic acids is 1. The zero-order valence-corrected chi connectivity index (χ0v) is 16.0. The Labute approximate surface area is 152 Å². The van der Waals surface area contributed by atoms with E-state index >= 15 is 0 Å². The van der Waals surface area contributed by atoms with Crippen LogP contribution < -0.4 is 0 Å². The molecule has 0 saturated carbocycles. The second-order valence-corrected chi connectivity index (χ2v) is 8.57. The molecule has 1 atom stereocenters. The number of aryl methyl sites for hydroxylation is 1. The summed E-state index contributed by atoms with van der Waals surface area (Å²) in [5.74, 6) is -0.193. The predicted molar refractivity (Wildman–Crippen MR) is 101 cm³/mol. The van der Waals surface area contributed by atoms with Crippen molar-refractivity contribution in [3.05, 3.63) is 59.3 Å². The third kappa shape index (κ3) is 3.35. The Morgan fingerprint density at radius 1 is 1.15 bits per heavy atom. The normalized spacial score (nSPS) is 12.9. The lowest BCUT2D eigenvalue weighted by Crippen LogP contribution is -2.30. The number of amides is 1. The summed E-state index contributed by atoms with van der Waals surface area (Å²) in [6.07, 6.45) is 1.17. The highest BCUT2D eigenvalue weighted by atomic mass is 32.2. The van der Waals surface area contributed by atoms with Crippen molar-refractivity contribution in [2.45, 2.75) is 24.8 Å². The number of carbonyl (C=O) groups is 1. The van der Waals surface area contributed by atoms with Crippen molar-refractivity contribution in [3.8, 4) is 0 Å². The molecule has 0 fully saturated rings. The van der Waals surface area contributed by atoms with Gasteiger partial charge in [-0.3, -0.25) is 9.89 Å². The number of sulfone groups is 1. The van der Waals surface area contributed by atoms with Gasteiger partial charge in [-0.1, -0.05) is 23.8 Å². The van der Waals surface area contributed by atoms with Crippen molar-refractivity contribution in [2.24, 2.45) is 0 Å². The van der Waals surface area contributed by atoms with Crippen LogP contribution in [-0.4, -0.2) is 42.7 Å². The Bertz CT molecular complexity index is 1070. The Morgan fingerprint density at radius 3 is 2.42 bits per heavy atom. The molecule has 0 bridgehead atoms. The summed E-state index contributed by atoms with van der Waals surface area (Å²) in [7, 11) is -1.52. The summed E-state index contributed by atoms with van der Waals surface area (Å²) in [6, 6.07) is 12.2. The van der Waals surface area contributed by atoms with E-state index in [4.69, 9.17) is 0 Å². The van der Waals surface area contributed by atoms with Gasteiger partial charge in [0.15, 0.2) is 15.5 Å². The largest absolute Gasteiger partial charge is 0.334 e. The van der Waals surface area contributed by atoms with Gasteiger partial charge >= 0.3 is 0 Å². The summed E-state index contributed by atoms with van der Waals surface area (Å²) in [5.41, 5.74) is 3.10. The topological polar surface area (TPSA) is 83.1 Å². The molecule has 0 aliphatic heterocycles. The van der Waals surface area contributed by atoms with E-state index in [9.17, 15) is 13.2 Å². The molecule has 3 aromatic rings. The first-order chi connectivity index (χ1) is 12.2. The second-order valence-electron chi connectivity index (χ2n) is 6.55. The van der Waals surface area contributed by atoms with Crippen LogP contribution in [0.2, 0.25) is 0 Å². The molecule has 3 rings (SSSR count). The number of nitrogens with one attached hydrogen (secondary N) is 1. The first-order valence-electron chi connectivity index (χ1n) is 8.20. The van der Waals surface area contributed by atoms with Crippen molar-refractivity contribution < 1.29 is 13.2 Å². The van der Waals surface area contributed by atoms with Gasteiger partial charge in [-0.15, -0.1) is 0 Å². The van der Waals surface area contributed by atoms with Crippen LogP contribution in [0.4, 0.5) is 0 Å². The van der Waals surface area contributed by atoms with E-state index in [1.807, 2.05) is 32.0 Å². The number of hydrogen-bond donors (Lipinski definition) is 1. The minimum Gasteiger partial charge on any atom is -0.334 e. The van der Waals surface area contributed by atoms with Gasteiger partial charge in [0.25, 0.3) is 5.91 Å². The maximum absolute atomic E-state index is 12.9. The third-order valence-corrected chi connectivity index (χ3v) is 5.74. The maximum Gasteiger partial charge on any atom is 0.275 e. The van der Waals surface area contributed by atoms with Crippen LogP contribution >= 0.6 is 0 Å². The summed E-state index contributed by atoms with van der Waals surface area (Å²) in [5, 5.41) is 7.87. The number of H-pyrrole nitrogens is 1. The van der Waals surface area contributed by atoms with Crippen LogP contribution in [0.15, 0.2) is 47.4 Å². The van der Waals surface area contributed by atoms with Gasteiger partial charge in [0.1, 0.15) is 0 Å².